The van der Waals surface area contributed by atoms with Crippen molar-refractivity contribution in [1.82, 2.24) is 4.72 Å². The number of methoxy groups -OCH3 is 1. The Kier molecular flexibility index (Phi) is 4.04. The van der Waals surface area contributed by atoms with Crippen LogP contribution in [0.15, 0.2) is 53.4 Å². The van der Waals surface area contributed by atoms with Crippen LogP contribution in [0.25, 0.3) is 0 Å². The summed E-state index contributed by atoms with van der Waals surface area (Å²) in [7, 11) is -2.01. The highest BCUT2D eigenvalue weighted by Crippen LogP contribution is 2.28. The molecule has 0 spiro atoms. The lowest BCUT2D eigenvalue weighted by molar-refractivity contribution is 0.236. The Morgan fingerprint density at radius 2 is 1.91 bits per heavy atom. The van der Waals surface area contributed by atoms with Crippen molar-refractivity contribution in [1.29, 1.82) is 0 Å². The van der Waals surface area contributed by atoms with Gasteiger partial charge in [-0.2, -0.15) is 0 Å². The number of hydrogen-bond acceptors (Lipinski definition) is 4. The van der Waals surface area contributed by atoms with Crippen LogP contribution in [0, 0.1) is 0 Å². The number of nitrogens with one attached hydrogen (secondary N) is 1. The first-order chi connectivity index (χ1) is 10.6. The van der Waals surface area contributed by atoms with Gasteiger partial charge >= 0.3 is 0 Å². The summed E-state index contributed by atoms with van der Waals surface area (Å²) < 4.78 is 37.9. The zero-order valence-electron chi connectivity index (χ0n) is 12.2. The van der Waals surface area contributed by atoms with Gasteiger partial charge in [-0.3, -0.25) is 0 Å². The van der Waals surface area contributed by atoms with E-state index in [1.54, 1.807) is 12.1 Å². The summed E-state index contributed by atoms with van der Waals surface area (Å²) in [4.78, 5) is 0.212. The first kappa shape index (κ1) is 14.9. The number of sulfonamides is 1. The number of hydrogen-bond donors (Lipinski definition) is 1. The Bertz CT molecular complexity index is 731. The molecule has 0 radical (unpaired) electrons. The van der Waals surface area contributed by atoms with Crippen molar-refractivity contribution in [2.75, 3.05) is 13.7 Å². The summed E-state index contributed by atoms with van der Waals surface area (Å²) in [6.45, 7) is 0.239. The molecule has 0 amide bonds. The SMILES string of the molecule is COc1ccc(S(=O)(=O)NCC2Cc3ccccc3O2)cc1. The molecule has 6 heteroatoms. The second kappa shape index (κ2) is 5.98. The van der Waals surface area contributed by atoms with Gasteiger partial charge in [0.15, 0.2) is 0 Å². The Hall–Kier alpha value is -2.05. The van der Waals surface area contributed by atoms with Crippen LogP contribution in [0.2, 0.25) is 0 Å². The molecule has 5 nitrogen and oxygen atoms in total. The molecule has 1 aliphatic rings. The topological polar surface area (TPSA) is 64.6 Å². The van der Waals surface area contributed by atoms with Gasteiger partial charge in [-0.1, -0.05) is 18.2 Å². The molecular formula is C16H17NO4S. The number of fused-ring (bicyclic) bond motifs is 1. The average molecular weight is 319 g/mol. The van der Waals surface area contributed by atoms with Gasteiger partial charge in [0.1, 0.15) is 17.6 Å². The average Bonchev–Trinajstić information content (AvgIpc) is 2.96. The Morgan fingerprint density at radius 3 is 2.59 bits per heavy atom. The molecular weight excluding hydrogens is 302 g/mol. The minimum atomic E-state index is -3.55. The molecule has 116 valence electrons. The molecule has 1 N–H and O–H groups in total. The maximum Gasteiger partial charge on any atom is 0.240 e. The molecule has 2 aromatic rings. The molecule has 1 heterocycles. The minimum Gasteiger partial charge on any atom is -0.497 e. The van der Waals surface area contributed by atoms with E-state index in [0.717, 1.165) is 11.3 Å². The van der Waals surface area contributed by atoms with E-state index in [1.807, 2.05) is 24.3 Å². The molecule has 0 saturated carbocycles. The summed E-state index contributed by atoms with van der Waals surface area (Å²) in [5.41, 5.74) is 1.11. The van der Waals surface area contributed by atoms with Crippen LogP contribution >= 0.6 is 0 Å². The summed E-state index contributed by atoms with van der Waals surface area (Å²) >= 11 is 0. The lowest BCUT2D eigenvalue weighted by atomic mass is 10.1. The van der Waals surface area contributed by atoms with Crippen LogP contribution in [0.4, 0.5) is 0 Å². The van der Waals surface area contributed by atoms with Gasteiger partial charge in [-0.05, 0) is 35.9 Å². The van der Waals surface area contributed by atoms with Crippen LogP contribution in [0.5, 0.6) is 11.5 Å². The summed E-state index contributed by atoms with van der Waals surface area (Å²) in [5.74, 6) is 1.45. The van der Waals surface area contributed by atoms with Crippen molar-refractivity contribution >= 4 is 10.0 Å². The van der Waals surface area contributed by atoms with Gasteiger partial charge in [0.05, 0.1) is 12.0 Å². The summed E-state index contributed by atoms with van der Waals surface area (Å²) in [6.07, 6.45) is 0.534. The number of para-hydroxylation sites is 1. The maximum absolute atomic E-state index is 12.3. The largest absolute Gasteiger partial charge is 0.497 e. The molecule has 2 aromatic carbocycles. The smallest absolute Gasteiger partial charge is 0.240 e. The molecule has 1 atom stereocenters. The fraction of sp³-hybridized carbons (Fsp3) is 0.250. The molecule has 0 bridgehead atoms. The third-order valence-electron chi connectivity index (χ3n) is 3.58. The molecule has 0 saturated heterocycles. The third-order valence-corrected chi connectivity index (χ3v) is 5.02. The second-order valence-corrected chi connectivity index (χ2v) is 6.85. The first-order valence-corrected chi connectivity index (χ1v) is 8.45. The minimum absolute atomic E-state index is 0.176. The van der Waals surface area contributed by atoms with Gasteiger partial charge in [-0.15, -0.1) is 0 Å². The molecule has 0 aromatic heterocycles. The lowest BCUT2D eigenvalue weighted by Gasteiger charge is -2.12. The number of ether oxygens (including phenoxy) is 2. The van der Waals surface area contributed by atoms with Crippen molar-refractivity contribution in [2.24, 2.45) is 0 Å². The quantitative estimate of drug-likeness (QED) is 0.915. The molecule has 3 rings (SSSR count). The van der Waals surface area contributed by atoms with E-state index in [9.17, 15) is 8.42 Å². The predicted octanol–water partition coefficient (Wildman–Crippen LogP) is 1.98. The highest BCUT2D eigenvalue weighted by Gasteiger charge is 2.24. The molecule has 1 aliphatic heterocycles. The zero-order chi connectivity index (χ0) is 15.6. The molecule has 0 aliphatic carbocycles. The van der Waals surface area contributed by atoms with E-state index in [2.05, 4.69) is 4.72 Å². The standard InChI is InChI=1S/C16H17NO4S/c1-20-13-6-8-15(9-7-13)22(18,19)17-11-14-10-12-4-2-3-5-16(12)21-14/h2-9,14,17H,10-11H2,1H3. The second-order valence-electron chi connectivity index (χ2n) is 5.08. The normalized spacial score (nSPS) is 16.9. The van der Waals surface area contributed by atoms with E-state index >= 15 is 0 Å². The summed E-state index contributed by atoms with van der Waals surface area (Å²) in [5, 5.41) is 0. The Labute approximate surface area is 129 Å². The monoisotopic (exact) mass is 319 g/mol. The highest BCUT2D eigenvalue weighted by atomic mass is 32.2. The molecule has 1 unspecified atom stereocenters. The van der Waals surface area contributed by atoms with E-state index in [1.165, 1.54) is 19.2 Å². The van der Waals surface area contributed by atoms with Crippen LogP contribution in [-0.2, 0) is 16.4 Å². The van der Waals surface area contributed by atoms with Gasteiger partial charge in [-0.25, -0.2) is 13.1 Å². The maximum atomic E-state index is 12.3. The summed E-state index contributed by atoms with van der Waals surface area (Å²) in [6, 6.07) is 14.0. The molecule has 0 fully saturated rings. The highest BCUT2D eigenvalue weighted by molar-refractivity contribution is 7.89. The van der Waals surface area contributed by atoms with Crippen molar-refractivity contribution < 1.29 is 17.9 Å². The van der Waals surface area contributed by atoms with Crippen LogP contribution in [0.1, 0.15) is 5.56 Å². The van der Waals surface area contributed by atoms with Crippen LogP contribution in [-0.4, -0.2) is 28.2 Å². The van der Waals surface area contributed by atoms with Gasteiger partial charge < -0.3 is 9.47 Å². The zero-order valence-corrected chi connectivity index (χ0v) is 13.0. The van der Waals surface area contributed by atoms with Gasteiger partial charge in [0.25, 0.3) is 0 Å². The van der Waals surface area contributed by atoms with E-state index in [-0.39, 0.29) is 17.5 Å². The van der Waals surface area contributed by atoms with Crippen LogP contribution < -0.4 is 14.2 Å². The Balaban J connectivity index is 1.63. The number of benzene rings is 2. The van der Waals surface area contributed by atoms with E-state index < -0.39 is 10.0 Å². The predicted molar refractivity (Wildman–Crippen MR) is 82.7 cm³/mol. The first-order valence-electron chi connectivity index (χ1n) is 6.97. The molecule has 22 heavy (non-hydrogen) atoms. The Morgan fingerprint density at radius 1 is 1.18 bits per heavy atom. The van der Waals surface area contributed by atoms with Crippen molar-refractivity contribution in [3.63, 3.8) is 0 Å². The van der Waals surface area contributed by atoms with E-state index in [0.29, 0.717) is 12.2 Å². The fourth-order valence-electron chi connectivity index (χ4n) is 2.41. The van der Waals surface area contributed by atoms with Crippen molar-refractivity contribution in [3.8, 4) is 11.5 Å². The number of rotatable bonds is 5. The van der Waals surface area contributed by atoms with Crippen molar-refractivity contribution in [3.05, 3.63) is 54.1 Å². The van der Waals surface area contributed by atoms with Crippen LogP contribution in [0.3, 0.4) is 0 Å². The van der Waals surface area contributed by atoms with Gasteiger partial charge in [0.2, 0.25) is 10.0 Å². The fourth-order valence-corrected chi connectivity index (χ4v) is 3.48. The third kappa shape index (κ3) is 3.08. The van der Waals surface area contributed by atoms with Gasteiger partial charge in [0, 0.05) is 13.0 Å². The van der Waals surface area contributed by atoms with E-state index in [4.69, 9.17) is 9.47 Å². The van der Waals surface area contributed by atoms with Crippen molar-refractivity contribution in [2.45, 2.75) is 17.4 Å². The lowest BCUT2D eigenvalue weighted by Crippen LogP contribution is -2.34.